The van der Waals surface area contributed by atoms with E-state index >= 15 is 0 Å². The van der Waals surface area contributed by atoms with Crippen LogP contribution in [0.15, 0.2) is 42.5 Å². The normalized spacial score (nSPS) is 20.7. The molecule has 2 heterocycles. The van der Waals surface area contributed by atoms with Crippen molar-refractivity contribution in [1.29, 1.82) is 5.26 Å². The Balaban J connectivity index is 1.42. The molecule has 160 valence electrons. The number of urea groups is 1. The Morgan fingerprint density at radius 2 is 1.90 bits per heavy atom. The number of rotatable bonds is 6. The van der Waals surface area contributed by atoms with Crippen LogP contribution in [-0.4, -0.2) is 54.4 Å². The molecule has 0 bridgehead atoms. The summed E-state index contributed by atoms with van der Waals surface area (Å²) in [6.07, 6.45) is -1.09. The summed E-state index contributed by atoms with van der Waals surface area (Å²) in [5, 5.41) is 21.8. The monoisotopic (exact) mass is 423 g/mol. The second-order valence-electron chi connectivity index (χ2n) is 7.43. The third-order valence-electron chi connectivity index (χ3n) is 5.21. The van der Waals surface area contributed by atoms with Gasteiger partial charge in [-0.25, -0.2) is 4.79 Å². The molecule has 0 saturated carbocycles. The molecule has 4 rings (SSSR count). The number of β-amino-alcohol motifs (C(OH)–C–C–N with tert-alkyl or cyclic N) is 1. The van der Waals surface area contributed by atoms with E-state index in [2.05, 4.69) is 5.32 Å². The Kier molecular flexibility index (Phi) is 5.40. The molecule has 1 saturated heterocycles. The van der Waals surface area contributed by atoms with Gasteiger partial charge in [-0.3, -0.25) is 9.69 Å². The molecule has 2 aromatic rings. The predicted octanol–water partition coefficient (Wildman–Crippen LogP) is 1.54. The smallest absolute Gasteiger partial charge is 0.325 e. The van der Waals surface area contributed by atoms with Crippen molar-refractivity contribution >= 4 is 11.9 Å². The van der Waals surface area contributed by atoms with Gasteiger partial charge in [0.25, 0.3) is 5.91 Å². The van der Waals surface area contributed by atoms with E-state index in [-0.39, 0.29) is 13.2 Å². The van der Waals surface area contributed by atoms with Crippen molar-refractivity contribution in [2.24, 2.45) is 0 Å². The molecule has 2 N–H and O–H groups in total. The van der Waals surface area contributed by atoms with Crippen LogP contribution in [0.3, 0.4) is 0 Å². The number of carbonyl (C=O) groups excluding carboxylic acids is 2. The lowest BCUT2D eigenvalue weighted by Crippen LogP contribution is -2.42. The van der Waals surface area contributed by atoms with Crippen LogP contribution in [0.1, 0.15) is 18.1 Å². The summed E-state index contributed by atoms with van der Waals surface area (Å²) in [4.78, 5) is 26.5. The fourth-order valence-electron chi connectivity index (χ4n) is 3.49. The Morgan fingerprint density at radius 1 is 1.19 bits per heavy atom. The number of hydrogen-bond donors (Lipinski definition) is 2. The number of nitrogens with one attached hydrogen (secondary N) is 1. The summed E-state index contributed by atoms with van der Waals surface area (Å²) < 4.78 is 16.6. The highest BCUT2D eigenvalue weighted by Gasteiger charge is 2.49. The van der Waals surface area contributed by atoms with Crippen LogP contribution in [0.5, 0.6) is 17.2 Å². The number of benzene rings is 2. The number of imide groups is 1. The minimum Gasteiger partial charge on any atom is -0.491 e. The molecule has 0 aliphatic carbocycles. The summed E-state index contributed by atoms with van der Waals surface area (Å²) in [6, 6.07) is 12.9. The molecule has 9 nitrogen and oxygen atoms in total. The van der Waals surface area contributed by atoms with E-state index in [9.17, 15) is 14.7 Å². The maximum atomic E-state index is 13.1. The van der Waals surface area contributed by atoms with E-state index in [1.165, 1.54) is 0 Å². The SMILES string of the molecule is CC1(c2ccc3c(c2)OCCO3)NC(=O)N(CC(O)COc2ccc(C#N)cc2)C1=O. The average Bonchev–Trinajstić information content (AvgIpc) is 3.01. The highest BCUT2D eigenvalue weighted by Crippen LogP contribution is 2.36. The van der Waals surface area contributed by atoms with Crippen molar-refractivity contribution in [2.45, 2.75) is 18.6 Å². The van der Waals surface area contributed by atoms with Gasteiger partial charge in [-0.05, 0) is 48.9 Å². The van der Waals surface area contributed by atoms with Gasteiger partial charge in [0, 0.05) is 0 Å². The van der Waals surface area contributed by atoms with Gasteiger partial charge < -0.3 is 24.6 Å². The van der Waals surface area contributed by atoms with E-state index in [1.54, 1.807) is 49.4 Å². The standard InChI is InChI=1S/C22H21N3O6/c1-22(15-4-7-18-19(10-15)30-9-8-29-18)20(27)25(21(28)24-22)12-16(26)13-31-17-5-2-14(11-23)3-6-17/h2-7,10,16,26H,8-9,12-13H2,1H3,(H,24,28). The van der Waals surface area contributed by atoms with Crippen LogP contribution >= 0.6 is 0 Å². The summed E-state index contributed by atoms with van der Waals surface area (Å²) in [7, 11) is 0. The number of ether oxygens (including phenoxy) is 3. The zero-order chi connectivity index (χ0) is 22.0. The van der Waals surface area contributed by atoms with E-state index < -0.39 is 23.6 Å². The van der Waals surface area contributed by atoms with Crippen molar-refractivity contribution in [2.75, 3.05) is 26.4 Å². The fraction of sp³-hybridized carbons (Fsp3) is 0.318. The molecule has 2 aromatic carbocycles. The quantitative estimate of drug-likeness (QED) is 0.676. The van der Waals surface area contributed by atoms with Crippen LogP contribution < -0.4 is 19.5 Å². The van der Waals surface area contributed by atoms with E-state index in [1.807, 2.05) is 6.07 Å². The first-order valence-corrected chi connectivity index (χ1v) is 9.76. The summed E-state index contributed by atoms with van der Waals surface area (Å²) >= 11 is 0. The second-order valence-corrected chi connectivity index (χ2v) is 7.43. The van der Waals surface area contributed by atoms with Crippen molar-refractivity contribution in [1.82, 2.24) is 10.2 Å². The molecule has 2 atom stereocenters. The first-order chi connectivity index (χ1) is 14.9. The number of nitriles is 1. The lowest BCUT2D eigenvalue weighted by molar-refractivity contribution is -0.132. The van der Waals surface area contributed by atoms with E-state index in [0.29, 0.717) is 41.6 Å². The Morgan fingerprint density at radius 3 is 2.61 bits per heavy atom. The Hall–Kier alpha value is -3.77. The minimum absolute atomic E-state index is 0.121. The summed E-state index contributed by atoms with van der Waals surface area (Å²) in [5.41, 5.74) is -0.243. The molecule has 0 aromatic heterocycles. The molecule has 1 fully saturated rings. The van der Waals surface area contributed by atoms with Gasteiger partial charge in [-0.1, -0.05) is 6.07 Å². The molecular formula is C22H21N3O6. The molecule has 0 spiro atoms. The predicted molar refractivity (Wildman–Crippen MR) is 108 cm³/mol. The lowest BCUT2D eigenvalue weighted by atomic mass is 9.91. The number of carbonyl (C=O) groups is 2. The van der Waals surface area contributed by atoms with Crippen LogP contribution in [0.4, 0.5) is 4.79 Å². The largest absolute Gasteiger partial charge is 0.491 e. The van der Waals surface area contributed by atoms with Gasteiger partial charge in [-0.15, -0.1) is 0 Å². The highest BCUT2D eigenvalue weighted by atomic mass is 16.6. The van der Waals surface area contributed by atoms with Gasteiger partial charge in [0.15, 0.2) is 11.5 Å². The second kappa shape index (κ2) is 8.16. The fourth-order valence-corrected chi connectivity index (χ4v) is 3.49. The molecule has 2 aliphatic heterocycles. The first-order valence-electron chi connectivity index (χ1n) is 9.76. The molecule has 2 aliphatic rings. The zero-order valence-electron chi connectivity index (χ0n) is 16.8. The van der Waals surface area contributed by atoms with Gasteiger partial charge >= 0.3 is 6.03 Å². The van der Waals surface area contributed by atoms with Gasteiger partial charge in [0.1, 0.15) is 37.2 Å². The highest BCUT2D eigenvalue weighted by molar-refractivity contribution is 6.07. The topological polar surface area (TPSA) is 121 Å². The van der Waals surface area contributed by atoms with Crippen LogP contribution in [0.25, 0.3) is 0 Å². The van der Waals surface area contributed by atoms with Crippen LogP contribution in [0, 0.1) is 11.3 Å². The van der Waals surface area contributed by atoms with Gasteiger partial charge in [0.05, 0.1) is 18.2 Å². The lowest BCUT2D eigenvalue weighted by Gasteiger charge is -2.25. The van der Waals surface area contributed by atoms with E-state index in [0.717, 1.165) is 4.90 Å². The van der Waals surface area contributed by atoms with Gasteiger partial charge in [0.2, 0.25) is 0 Å². The molecule has 2 unspecified atom stereocenters. The van der Waals surface area contributed by atoms with Gasteiger partial charge in [-0.2, -0.15) is 5.26 Å². The Labute approximate surface area is 178 Å². The maximum absolute atomic E-state index is 13.1. The molecule has 31 heavy (non-hydrogen) atoms. The van der Waals surface area contributed by atoms with Crippen LogP contribution in [0.2, 0.25) is 0 Å². The first kappa shape index (κ1) is 20.5. The summed E-state index contributed by atoms with van der Waals surface area (Å²) in [5.74, 6) is 1.09. The van der Waals surface area contributed by atoms with Crippen molar-refractivity contribution in [3.8, 4) is 23.3 Å². The number of hydrogen-bond acceptors (Lipinski definition) is 7. The minimum atomic E-state index is -1.29. The van der Waals surface area contributed by atoms with Crippen molar-refractivity contribution in [3.05, 3.63) is 53.6 Å². The number of aliphatic hydroxyl groups is 1. The third kappa shape index (κ3) is 3.98. The average molecular weight is 423 g/mol. The van der Waals surface area contributed by atoms with Crippen molar-refractivity contribution < 1.29 is 28.9 Å². The zero-order valence-corrected chi connectivity index (χ0v) is 16.8. The number of amides is 3. The maximum Gasteiger partial charge on any atom is 0.325 e. The Bertz CT molecular complexity index is 1050. The number of nitrogens with zero attached hydrogens (tertiary/aromatic N) is 2. The van der Waals surface area contributed by atoms with E-state index in [4.69, 9.17) is 19.5 Å². The van der Waals surface area contributed by atoms with Crippen molar-refractivity contribution in [3.63, 3.8) is 0 Å². The molecule has 0 radical (unpaired) electrons. The molecule has 3 amide bonds. The number of aliphatic hydroxyl groups excluding tert-OH is 1. The third-order valence-corrected chi connectivity index (χ3v) is 5.21. The summed E-state index contributed by atoms with van der Waals surface area (Å²) in [6.45, 7) is 2.13. The molecular weight excluding hydrogens is 402 g/mol. The van der Waals surface area contributed by atoms with Crippen LogP contribution in [-0.2, 0) is 10.3 Å². The number of fused-ring (bicyclic) bond motifs is 1. The molecule has 9 heteroatoms.